The van der Waals surface area contributed by atoms with Gasteiger partial charge in [0.2, 0.25) is 0 Å². The van der Waals surface area contributed by atoms with E-state index in [1.807, 2.05) is 6.92 Å². The summed E-state index contributed by atoms with van der Waals surface area (Å²) in [5.41, 5.74) is 0. The quantitative estimate of drug-likeness (QED) is 0.440. The zero-order valence-electron chi connectivity index (χ0n) is 9.65. The third-order valence-electron chi connectivity index (χ3n) is 1.65. The number of carbonyl (C=O) groups excluding carboxylic acids is 1. The zero-order chi connectivity index (χ0) is 12.2. The maximum Gasteiger partial charge on any atom is 0.318 e. The third-order valence-corrected chi connectivity index (χ3v) is 2.95. The fourth-order valence-electron chi connectivity index (χ4n) is 0.932. The molecule has 1 atom stereocenters. The molecule has 0 radical (unpaired) electrons. The summed E-state index contributed by atoms with van der Waals surface area (Å²) in [4.78, 5) is 11.1. The van der Waals surface area contributed by atoms with E-state index in [0.29, 0.717) is 25.4 Å². The molecule has 0 fully saturated rings. The van der Waals surface area contributed by atoms with Crippen molar-refractivity contribution in [3.8, 4) is 0 Å². The van der Waals surface area contributed by atoms with Crippen LogP contribution in [-0.4, -0.2) is 53.2 Å². The standard InChI is InChI=1S/C10H20O5S/c1-2-5-14-6-7-15-10(12)9-16(13)8-3-4-11/h11H,2-9H2,1H3. The van der Waals surface area contributed by atoms with Crippen LogP contribution in [0.15, 0.2) is 0 Å². The lowest BCUT2D eigenvalue weighted by Gasteiger charge is -2.05. The Balaban J connectivity index is 3.40. The zero-order valence-corrected chi connectivity index (χ0v) is 10.5. The molecule has 0 aromatic rings. The highest BCUT2D eigenvalue weighted by Crippen LogP contribution is 1.90. The van der Waals surface area contributed by atoms with Crippen LogP contribution in [0.2, 0.25) is 0 Å². The summed E-state index contributed by atoms with van der Waals surface area (Å²) >= 11 is 0. The molecule has 0 aliphatic rings. The van der Waals surface area contributed by atoms with E-state index in [4.69, 9.17) is 14.6 Å². The van der Waals surface area contributed by atoms with Crippen LogP contribution >= 0.6 is 0 Å². The molecular formula is C10H20O5S. The normalized spacial score (nSPS) is 12.4. The van der Waals surface area contributed by atoms with Gasteiger partial charge in [-0.15, -0.1) is 0 Å². The highest BCUT2D eigenvalue weighted by Gasteiger charge is 2.08. The van der Waals surface area contributed by atoms with E-state index in [1.54, 1.807) is 0 Å². The molecule has 6 heteroatoms. The summed E-state index contributed by atoms with van der Waals surface area (Å²) in [6.45, 7) is 3.22. The van der Waals surface area contributed by atoms with Crippen molar-refractivity contribution in [3.05, 3.63) is 0 Å². The molecule has 0 rings (SSSR count). The Morgan fingerprint density at radius 3 is 2.69 bits per heavy atom. The van der Waals surface area contributed by atoms with Gasteiger partial charge >= 0.3 is 5.97 Å². The van der Waals surface area contributed by atoms with Crippen LogP contribution in [0.5, 0.6) is 0 Å². The lowest BCUT2D eigenvalue weighted by Crippen LogP contribution is -2.18. The predicted octanol–water partition coefficient (Wildman–Crippen LogP) is 0.0873. The van der Waals surface area contributed by atoms with Gasteiger partial charge in [0.05, 0.1) is 6.61 Å². The molecule has 5 nitrogen and oxygen atoms in total. The smallest absolute Gasteiger partial charge is 0.318 e. The molecule has 16 heavy (non-hydrogen) atoms. The molecule has 0 bridgehead atoms. The minimum absolute atomic E-state index is 0.00829. The van der Waals surface area contributed by atoms with Gasteiger partial charge in [-0.2, -0.15) is 0 Å². The lowest BCUT2D eigenvalue weighted by atomic mass is 10.5. The van der Waals surface area contributed by atoms with Crippen molar-refractivity contribution in [2.75, 3.05) is 37.9 Å². The number of aliphatic hydroxyl groups is 1. The largest absolute Gasteiger partial charge is 0.463 e. The molecule has 0 aromatic carbocycles. The van der Waals surface area contributed by atoms with Crippen molar-refractivity contribution < 1.29 is 23.6 Å². The first-order valence-electron chi connectivity index (χ1n) is 5.40. The van der Waals surface area contributed by atoms with Crippen LogP contribution in [0.4, 0.5) is 0 Å². The van der Waals surface area contributed by atoms with E-state index in [1.165, 1.54) is 0 Å². The van der Waals surface area contributed by atoms with E-state index < -0.39 is 16.8 Å². The second-order valence-corrected chi connectivity index (χ2v) is 4.77. The van der Waals surface area contributed by atoms with E-state index in [9.17, 15) is 9.00 Å². The molecule has 0 aliphatic carbocycles. The van der Waals surface area contributed by atoms with E-state index in [2.05, 4.69) is 0 Å². The summed E-state index contributed by atoms with van der Waals surface area (Å²) < 4.78 is 21.2. The Morgan fingerprint density at radius 1 is 1.31 bits per heavy atom. The molecule has 0 aliphatic heterocycles. The molecule has 0 spiro atoms. The molecular weight excluding hydrogens is 232 g/mol. The molecule has 0 aromatic heterocycles. The van der Waals surface area contributed by atoms with Crippen molar-refractivity contribution in [1.82, 2.24) is 0 Å². The minimum Gasteiger partial charge on any atom is -0.463 e. The molecule has 0 saturated carbocycles. The Labute approximate surface area is 98.6 Å². The SMILES string of the molecule is CCCOCCOC(=O)CS(=O)CCCO. The van der Waals surface area contributed by atoms with Crippen molar-refractivity contribution in [2.45, 2.75) is 19.8 Å². The molecule has 0 amide bonds. The van der Waals surface area contributed by atoms with Crippen LogP contribution in [0.25, 0.3) is 0 Å². The van der Waals surface area contributed by atoms with Gasteiger partial charge in [0.1, 0.15) is 12.4 Å². The van der Waals surface area contributed by atoms with Crippen LogP contribution in [0, 0.1) is 0 Å². The minimum atomic E-state index is -1.23. The fourth-order valence-corrected chi connectivity index (χ4v) is 1.87. The number of hydrogen-bond donors (Lipinski definition) is 1. The monoisotopic (exact) mass is 252 g/mol. The van der Waals surface area contributed by atoms with Gasteiger partial charge in [-0.3, -0.25) is 9.00 Å². The number of aliphatic hydroxyl groups excluding tert-OH is 1. The second kappa shape index (κ2) is 11.0. The van der Waals surface area contributed by atoms with Crippen molar-refractivity contribution >= 4 is 16.8 Å². The Kier molecular flexibility index (Phi) is 10.7. The summed E-state index contributed by atoms with van der Waals surface area (Å²) in [7, 11) is -1.23. The summed E-state index contributed by atoms with van der Waals surface area (Å²) in [6.07, 6.45) is 1.37. The maximum absolute atomic E-state index is 11.2. The van der Waals surface area contributed by atoms with Gasteiger partial charge in [0.15, 0.2) is 0 Å². The third kappa shape index (κ3) is 10.1. The van der Waals surface area contributed by atoms with Gasteiger partial charge in [0.25, 0.3) is 0 Å². The number of hydrogen-bond acceptors (Lipinski definition) is 5. The number of esters is 1. The van der Waals surface area contributed by atoms with Crippen molar-refractivity contribution in [3.63, 3.8) is 0 Å². The van der Waals surface area contributed by atoms with Crippen molar-refractivity contribution in [2.24, 2.45) is 0 Å². The Hall–Kier alpha value is -0.460. The number of rotatable bonds is 10. The highest BCUT2D eigenvalue weighted by molar-refractivity contribution is 7.85. The van der Waals surface area contributed by atoms with Crippen LogP contribution in [0.3, 0.4) is 0 Å². The van der Waals surface area contributed by atoms with Crippen LogP contribution < -0.4 is 0 Å². The average Bonchev–Trinajstić information content (AvgIpc) is 2.26. The highest BCUT2D eigenvalue weighted by atomic mass is 32.2. The second-order valence-electron chi connectivity index (χ2n) is 3.20. The van der Waals surface area contributed by atoms with E-state index in [-0.39, 0.29) is 19.0 Å². The molecule has 0 saturated heterocycles. The Bertz CT molecular complexity index is 207. The van der Waals surface area contributed by atoms with Gasteiger partial charge in [0, 0.05) is 29.8 Å². The summed E-state index contributed by atoms with van der Waals surface area (Å²) in [5.74, 6) is -0.248. The molecule has 0 heterocycles. The van der Waals surface area contributed by atoms with Gasteiger partial charge in [-0.1, -0.05) is 6.92 Å². The number of ether oxygens (including phenoxy) is 2. The first-order chi connectivity index (χ1) is 7.70. The molecule has 1 unspecified atom stereocenters. The summed E-state index contributed by atoms with van der Waals surface area (Å²) in [5, 5.41) is 8.51. The number of carbonyl (C=O) groups is 1. The molecule has 96 valence electrons. The fraction of sp³-hybridized carbons (Fsp3) is 0.900. The summed E-state index contributed by atoms with van der Waals surface area (Å²) in [6, 6.07) is 0. The predicted molar refractivity (Wildman–Crippen MR) is 61.6 cm³/mol. The first kappa shape index (κ1) is 15.5. The van der Waals surface area contributed by atoms with Crippen molar-refractivity contribution in [1.29, 1.82) is 0 Å². The average molecular weight is 252 g/mol. The van der Waals surface area contributed by atoms with E-state index in [0.717, 1.165) is 6.42 Å². The van der Waals surface area contributed by atoms with Gasteiger partial charge < -0.3 is 14.6 Å². The van der Waals surface area contributed by atoms with Crippen LogP contribution in [0.1, 0.15) is 19.8 Å². The van der Waals surface area contributed by atoms with Gasteiger partial charge in [-0.25, -0.2) is 0 Å². The first-order valence-corrected chi connectivity index (χ1v) is 6.88. The molecule has 1 N–H and O–H groups in total. The van der Waals surface area contributed by atoms with Gasteiger partial charge in [-0.05, 0) is 12.8 Å². The van der Waals surface area contributed by atoms with E-state index >= 15 is 0 Å². The Morgan fingerprint density at radius 2 is 2.06 bits per heavy atom. The van der Waals surface area contributed by atoms with Crippen LogP contribution in [-0.2, 0) is 25.1 Å². The lowest BCUT2D eigenvalue weighted by molar-refractivity contribution is -0.142. The maximum atomic E-state index is 11.2. The topological polar surface area (TPSA) is 72.8 Å².